The highest BCUT2D eigenvalue weighted by Gasteiger charge is 2.09. The quantitative estimate of drug-likeness (QED) is 0.473. The molecule has 0 bridgehead atoms. The highest BCUT2D eigenvalue weighted by molar-refractivity contribution is 5.69. The second-order valence-corrected chi connectivity index (χ2v) is 5.82. The number of hydrogen-bond acceptors (Lipinski definition) is 0. The molecule has 0 heterocycles. The van der Waals surface area contributed by atoms with Crippen LogP contribution < -0.4 is 0 Å². The zero-order chi connectivity index (χ0) is 17.6. The van der Waals surface area contributed by atoms with E-state index in [2.05, 4.69) is 0 Å². The molecule has 0 aliphatic carbocycles. The van der Waals surface area contributed by atoms with Gasteiger partial charge in [-0.05, 0) is 28.8 Å². The van der Waals surface area contributed by atoms with Crippen LogP contribution in [0, 0.1) is 11.6 Å². The van der Waals surface area contributed by atoms with E-state index in [1.54, 1.807) is 24.3 Å². The fourth-order valence-corrected chi connectivity index (χ4v) is 2.57. The molecule has 3 aromatic rings. The maximum Gasteiger partial charge on any atom is 0.133 e. The summed E-state index contributed by atoms with van der Waals surface area (Å²) in [6.45, 7) is 0. The topological polar surface area (TPSA) is 0 Å². The molecule has 0 aliphatic rings. The van der Waals surface area contributed by atoms with Gasteiger partial charge in [-0.15, -0.1) is 0 Å². The minimum atomic E-state index is -1.05. The van der Waals surface area contributed by atoms with E-state index in [4.69, 9.17) is 0 Å². The Morgan fingerprint density at radius 2 is 1.52 bits per heavy atom. The number of alkyl halides is 1. The Morgan fingerprint density at radius 3 is 2.20 bits per heavy atom. The maximum absolute atomic E-state index is 14.3. The molecule has 0 N–H and O–H groups in total. The number of halogens is 3. The van der Waals surface area contributed by atoms with Crippen LogP contribution in [0.2, 0.25) is 0 Å². The summed E-state index contributed by atoms with van der Waals surface area (Å²) in [5.41, 5.74) is 2.74. The first-order valence-corrected chi connectivity index (χ1v) is 8.03. The van der Waals surface area contributed by atoms with E-state index >= 15 is 0 Å². The van der Waals surface area contributed by atoms with Crippen molar-refractivity contribution in [2.75, 3.05) is 0 Å². The van der Waals surface area contributed by atoms with Gasteiger partial charge in [0.25, 0.3) is 0 Å². The van der Waals surface area contributed by atoms with Gasteiger partial charge in [0, 0.05) is 18.1 Å². The highest BCUT2D eigenvalue weighted by Crippen LogP contribution is 2.22. The minimum absolute atomic E-state index is 0.306. The first-order chi connectivity index (χ1) is 12.1. The standard InChI is InChI=1S/C22H17F3/c23-20-13-12-19(22(25)15-20)11-10-16-6-8-17(9-7-16)14-21(24)18-4-2-1-3-5-18/h1-13,15,21H,14H2/b11-10+. The van der Waals surface area contributed by atoms with E-state index in [0.717, 1.165) is 17.2 Å². The predicted octanol–water partition coefficient (Wildman–Crippen LogP) is 6.39. The third kappa shape index (κ3) is 4.60. The largest absolute Gasteiger partial charge is 0.242 e. The summed E-state index contributed by atoms with van der Waals surface area (Å²) < 4.78 is 40.8. The lowest BCUT2D eigenvalue weighted by Crippen LogP contribution is -1.96. The monoisotopic (exact) mass is 338 g/mol. The molecular weight excluding hydrogens is 321 g/mol. The molecule has 3 heteroatoms. The van der Waals surface area contributed by atoms with Crippen molar-refractivity contribution in [3.8, 4) is 0 Å². The summed E-state index contributed by atoms with van der Waals surface area (Å²) in [7, 11) is 0. The molecule has 126 valence electrons. The fraction of sp³-hybridized carbons (Fsp3) is 0.0909. The van der Waals surface area contributed by atoms with Crippen LogP contribution in [0.4, 0.5) is 13.2 Å². The van der Waals surface area contributed by atoms with Gasteiger partial charge < -0.3 is 0 Å². The molecule has 25 heavy (non-hydrogen) atoms. The zero-order valence-corrected chi connectivity index (χ0v) is 13.5. The van der Waals surface area contributed by atoms with Crippen molar-refractivity contribution in [2.24, 2.45) is 0 Å². The lowest BCUT2D eigenvalue weighted by molar-refractivity contribution is 0.342. The van der Waals surface area contributed by atoms with Crippen LogP contribution in [-0.2, 0) is 6.42 Å². The molecule has 1 unspecified atom stereocenters. The van der Waals surface area contributed by atoms with Gasteiger partial charge in [0.05, 0.1) is 0 Å². The van der Waals surface area contributed by atoms with E-state index in [1.165, 1.54) is 12.1 Å². The summed E-state index contributed by atoms with van der Waals surface area (Å²) in [5.74, 6) is -1.20. The average Bonchev–Trinajstić information content (AvgIpc) is 2.63. The van der Waals surface area contributed by atoms with Crippen LogP contribution in [0.25, 0.3) is 12.2 Å². The van der Waals surface area contributed by atoms with Crippen molar-refractivity contribution < 1.29 is 13.2 Å². The maximum atomic E-state index is 14.3. The molecule has 0 saturated heterocycles. The van der Waals surface area contributed by atoms with Crippen molar-refractivity contribution in [1.82, 2.24) is 0 Å². The van der Waals surface area contributed by atoms with Crippen molar-refractivity contribution >= 4 is 12.2 Å². The molecular formula is C22H17F3. The Morgan fingerprint density at radius 1 is 0.800 bits per heavy atom. The van der Waals surface area contributed by atoms with Crippen LogP contribution in [0.15, 0.2) is 72.8 Å². The van der Waals surface area contributed by atoms with Crippen molar-refractivity contribution in [3.05, 3.63) is 107 Å². The van der Waals surface area contributed by atoms with Crippen LogP contribution in [0.5, 0.6) is 0 Å². The van der Waals surface area contributed by atoms with Crippen LogP contribution in [0.3, 0.4) is 0 Å². The lowest BCUT2D eigenvalue weighted by Gasteiger charge is -2.08. The molecule has 3 rings (SSSR count). The van der Waals surface area contributed by atoms with Gasteiger partial charge in [-0.3, -0.25) is 0 Å². The van der Waals surface area contributed by atoms with Gasteiger partial charge in [0.2, 0.25) is 0 Å². The predicted molar refractivity (Wildman–Crippen MR) is 95.7 cm³/mol. The molecule has 0 radical (unpaired) electrons. The summed E-state index contributed by atoms with van der Waals surface area (Å²) in [6.07, 6.45) is 2.59. The Labute approximate surface area is 145 Å². The van der Waals surface area contributed by atoms with E-state index in [0.29, 0.717) is 17.5 Å². The third-order valence-corrected chi connectivity index (χ3v) is 3.97. The van der Waals surface area contributed by atoms with E-state index in [1.807, 2.05) is 42.5 Å². The van der Waals surface area contributed by atoms with Gasteiger partial charge in [0.1, 0.15) is 17.8 Å². The molecule has 3 aromatic carbocycles. The molecule has 0 saturated carbocycles. The summed E-state index contributed by atoms with van der Waals surface area (Å²) in [4.78, 5) is 0. The average molecular weight is 338 g/mol. The number of benzene rings is 3. The SMILES string of the molecule is Fc1ccc(/C=C/c2ccc(CC(F)c3ccccc3)cc2)c(F)c1. The summed E-state index contributed by atoms with van der Waals surface area (Å²) in [5, 5.41) is 0. The first-order valence-electron chi connectivity index (χ1n) is 8.03. The first kappa shape index (κ1) is 17.0. The summed E-state index contributed by atoms with van der Waals surface area (Å²) in [6, 6.07) is 19.9. The fourth-order valence-electron chi connectivity index (χ4n) is 2.57. The second kappa shape index (κ2) is 7.84. The Bertz CT molecular complexity index is 852. The van der Waals surface area contributed by atoms with Gasteiger partial charge >= 0.3 is 0 Å². The van der Waals surface area contributed by atoms with Crippen LogP contribution in [-0.4, -0.2) is 0 Å². The smallest absolute Gasteiger partial charge is 0.133 e. The van der Waals surface area contributed by atoms with E-state index < -0.39 is 17.8 Å². The van der Waals surface area contributed by atoms with Gasteiger partial charge in [-0.25, -0.2) is 13.2 Å². The van der Waals surface area contributed by atoms with Crippen molar-refractivity contribution in [2.45, 2.75) is 12.6 Å². The molecule has 0 fully saturated rings. The third-order valence-electron chi connectivity index (χ3n) is 3.97. The molecule has 0 amide bonds. The van der Waals surface area contributed by atoms with Gasteiger partial charge in [-0.2, -0.15) is 0 Å². The van der Waals surface area contributed by atoms with E-state index in [9.17, 15) is 13.2 Å². The van der Waals surface area contributed by atoms with Crippen LogP contribution in [0.1, 0.15) is 28.4 Å². The summed E-state index contributed by atoms with van der Waals surface area (Å²) >= 11 is 0. The highest BCUT2D eigenvalue weighted by atomic mass is 19.1. The Balaban J connectivity index is 1.67. The lowest BCUT2D eigenvalue weighted by atomic mass is 10.0. The van der Waals surface area contributed by atoms with Crippen LogP contribution >= 0.6 is 0 Å². The zero-order valence-electron chi connectivity index (χ0n) is 13.5. The number of hydrogen-bond donors (Lipinski definition) is 0. The Hall–Kier alpha value is -2.81. The van der Waals surface area contributed by atoms with Gasteiger partial charge in [-0.1, -0.05) is 66.7 Å². The van der Waals surface area contributed by atoms with Gasteiger partial charge in [0.15, 0.2) is 0 Å². The minimum Gasteiger partial charge on any atom is -0.242 e. The van der Waals surface area contributed by atoms with E-state index in [-0.39, 0.29) is 0 Å². The Kier molecular flexibility index (Phi) is 5.34. The molecule has 0 spiro atoms. The van der Waals surface area contributed by atoms with Crippen molar-refractivity contribution in [3.63, 3.8) is 0 Å². The normalized spacial score (nSPS) is 12.4. The second-order valence-electron chi connectivity index (χ2n) is 5.82. The number of rotatable bonds is 5. The molecule has 1 atom stereocenters. The molecule has 0 nitrogen and oxygen atoms in total. The molecule has 0 aromatic heterocycles. The molecule has 0 aliphatic heterocycles. The van der Waals surface area contributed by atoms with Crippen molar-refractivity contribution in [1.29, 1.82) is 0 Å².